The summed E-state index contributed by atoms with van der Waals surface area (Å²) in [5.41, 5.74) is 0.864. The van der Waals surface area contributed by atoms with Crippen LogP contribution in [0.2, 0.25) is 15.1 Å². The first-order valence-corrected chi connectivity index (χ1v) is 9.39. The summed E-state index contributed by atoms with van der Waals surface area (Å²) in [5, 5.41) is 11.5. The Morgan fingerprint density at radius 3 is 2.64 bits per heavy atom. The third-order valence-corrected chi connectivity index (χ3v) is 5.10. The number of carbonyl (C=O) groups is 1. The molecule has 2 N–H and O–H groups in total. The van der Waals surface area contributed by atoms with E-state index in [1.807, 2.05) is 6.07 Å². The molecule has 1 aliphatic carbocycles. The molecule has 0 saturated heterocycles. The van der Waals surface area contributed by atoms with Crippen LogP contribution in [0.1, 0.15) is 37.7 Å². The molecule has 2 aromatic rings. The topological polar surface area (TPSA) is 59.0 Å². The highest BCUT2D eigenvalue weighted by atomic mass is 35.5. The summed E-state index contributed by atoms with van der Waals surface area (Å²) in [6.07, 6.45) is 7.24. The van der Waals surface area contributed by atoms with Crippen LogP contribution in [0.15, 0.2) is 24.4 Å². The molecule has 0 spiro atoms. The summed E-state index contributed by atoms with van der Waals surface area (Å²) in [6, 6.07) is 5.24. The van der Waals surface area contributed by atoms with E-state index < -0.39 is 0 Å². The highest BCUT2D eigenvalue weighted by Crippen LogP contribution is 2.24. The number of halogens is 3. The van der Waals surface area contributed by atoms with Crippen LogP contribution in [0, 0.1) is 0 Å². The first-order valence-electron chi connectivity index (χ1n) is 8.25. The lowest BCUT2D eigenvalue weighted by Crippen LogP contribution is -2.39. The molecule has 0 radical (unpaired) electrons. The second-order valence-corrected chi connectivity index (χ2v) is 7.44. The van der Waals surface area contributed by atoms with Gasteiger partial charge in [0.1, 0.15) is 5.02 Å². The molecule has 0 atom stereocenters. The highest BCUT2D eigenvalue weighted by Gasteiger charge is 2.17. The van der Waals surface area contributed by atoms with Crippen molar-refractivity contribution < 1.29 is 4.79 Å². The van der Waals surface area contributed by atoms with E-state index in [0.717, 1.165) is 31.2 Å². The van der Waals surface area contributed by atoms with Gasteiger partial charge in [0.15, 0.2) is 5.82 Å². The third kappa shape index (κ3) is 5.03. The Kier molecular flexibility index (Phi) is 6.10. The van der Waals surface area contributed by atoms with Crippen molar-refractivity contribution in [1.82, 2.24) is 15.1 Å². The van der Waals surface area contributed by atoms with Gasteiger partial charge in [-0.2, -0.15) is 5.10 Å². The molecule has 1 saturated carbocycles. The maximum absolute atomic E-state index is 12.1. The molecule has 3 rings (SSSR count). The zero-order chi connectivity index (χ0) is 17.8. The van der Waals surface area contributed by atoms with Crippen molar-refractivity contribution in [2.24, 2.45) is 0 Å². The van der Waals surface area contributed by atoms with E-state index >= 15 is 0 Å². The number of hydrogen-bond acceptors (Lipinski definition) is 2. The van der Waals surface area contributed by atoms with E-state index in [9.17, 15) is 4.79 Å². The molecule has 2 amide bonds. The third-order valence-electron chi connectivity index (χ3n) is 4.24. The minimum Gasteiger partial charge on any atom is -0.335 e. The summed E-state index contributed by atoms with van der Waals surface area (Å²) in [4.78, 5) is 12.1. The normalized spacial score (nSPS) is 15.2. The van der Waals surface area contributed by atoms with Crippen LogP contribution in [0.4, 0.5) is 10.6 Å². The van der Waals surface area contributed by atoms with Crippen molar-refractivity contribution in [2.75, 3.05) is 5.32 Å². The van der Waals surface area contributed by atoms with Crippen molar-refractivity contribution in [1.29, 1.82) is 0 Å². The number of rotatable bonds is 4. The number of anilines is 1. The largest absolute Gasteiger partial charge is 0.335 e. The number of carbonyl (C=O) groups excluding carboxylic acids is 1. The fourth-order valence-corrected chi connectivity index (χ4v) is 3.63. The molecule has 25 heavy (non-hydrogen) atoms. The molecule has 0 unspecified atom stereocenters. The maximum Gasteiger partial charge on any atom is 0.320 e. The maximum atomic E-state index is 12.1. The van der Waals surface area contributed by atoms with Gasteiger partial charge in [-0.1, -0.05) is 60.1 Å². The Hall–Kier alpha value is -1.43. The fourth-order valence-electron chi connectivity index (χ4n) is 2.96. The van der Waals surface area contributed by atoms with Crippen molar-refractivity contribution in [2.45, 2.75) is 44.7 Å². The van der Waals surface area contributed by atoms with Gasteiger partial charge in [0.25, 0.3) is 0 Å². The van der Waals surface area contributed by atoms with Gasteiger partial charge < -0.3 is 5.32 Å². The SMILES string of the molecule is O=C(Nc1nn(Cc2ccc(Cl)cc2Cl)cc1Cl)NC1CCCCC1. The average Bonchev–Trinajstić information content (AvgIpc) is 2.90. The van der Waals surface area contributed by atoms with Crippen LogP contribution in [0.5, 0.6) is 0 Å². The minimum atomic E-state index is -0.274. The van der Waals surface area contributed by atoms with Crippen molar-refractivity contribution in [3.05, 3.63) is 45.0 Å². The lowest BCUT2D eigenvalue weighted by Gasteiger charge is -2.22. The Morgan fingerprint density at radius 2 is 1.92 bits per heavy atom. The van der Waals surface area contributed by atoms with Crippen LogP contribution in [0.3, 0.4) is 0 Å². The molecule has 1 aromatic heterocycles. The molecule has 1 aromatic carbocycles. The number of urea groups is 1. The van der Waals surface area contributed by atoms with Gasteiger partial charge in [-0.25, -0.2) is 4.79 Å². The highest BCUT2D eigenvalue weighted by molar-refractivity contribution is 6.35. The number of aromatic nitrogens is 2. The predicted octanol–water partition coefficient (Wildman–Crippen LogP) is 5.35. The zero-order valence-corrected chi connectivity index (χ0v) is 15.8. The van der Waals surface area contributed by atoms with E-state index in [0.29, 0.717) is 27.4 Å². The second-order valence-electron chi connectivity index (χ2n) is 6.19. The molecular formula is C17H19Cl3N4O. The van der Waals surface area contributed by atoms with E-state index in [1.54, 1.807) is 23.0 Å². The van der Waals surface area contributed by atoms with Crippen LogP contribution < -0.4 is 10.6 Å². The van der Waals surface area contributed by atoms with Crippen LogP contribution >= 0.6 is 34.8 Å². The monoisotopic (exact) mass is 400 g/mol. The summed E-state index contributed by atoms with van der Waals surface area (Å²) in [7, 11) is 0. The quantitative estimate of drug-likeness (QED) is 0.726. The Bertz CT molecular complexity index is 756. The zero-order valence-electron chi connectivity index (χ0n) is 13.6. The summed E-state index contributed by atoms with van der Waals surface area (Å²) in [5.74, 6) is 0.333. The Balaban J connectivity index is 1.62. The summed E-state index contributed by atoms with van der Waals surface area (Å²) in [6.45, 7) is 0.432. The number of benzene rings is 1. The second kappa shape index (κ2) is 8.30. The molecule has 134 valence electrons. The van der Waals surface area contributed by atoms with E-state index in [2.05, 4.69) is 15.7 Å². The van der Waals surface area contributed by atoms with Gasteiger partial charge in [-0.05, 0) is 30.5 Å². The molecule has 5 nitrogen and oxygen atoms in total. The number of amides is 2. The number of hydrogen-bond donors (Lipinski definition) is 2. The Labute approximate surface area is 161 Å². The molecular weight excluding hydrogens is 383 g/mol. The Morgan fingerprint density at radius 1 is 1.16 bits per heavy atom. The van der Waals surface area contributed by atoms with Gasteiger partial charge >= 0.3 is 6.03 Å². The van der Waals surface area contributed by atoms with Gasteiger partial charge in [0.05, 0.1) is 6.54 Å². The van der Waals surface area contributed by atoms with E-state index in [1.165, 1.54) is 6.42 Å². The first-order chi connectivity index (χ1) is 12.0. The molecule has 1 heterocycles. The van der Waals surface area contributed by atoms with Crippen molar-refractivity contribution >= 4 is 46.7 Å². The first kappa shape index (κ1) is 18.4. The fraction of sp³-hybridized carbons (Fsp3) is 0.412. The lowest BCUT2D eigenvalue weighted by atomic mass is 9.96. The predicted molar refractivity (Wildman–Crippen MR) is 102 cm³/mol. The minimum absolute atomic E-state index is 0.225. The summed E-state index contributed by atoms with van der Waals surface area (Å²) < 4.78 is 1.63. The summed E-state index contributed by atoms with van der Waals surface area (Å²) >= 11 is 18.3. The lowest BCUT2D eigenvalue weighted by molar-refractivity contribution is 0.244. The van der Waals surface area contributed by atoms with Crippen molar-refractivity contribution in [3.63, 3.8) is 0 Å². The van der Waals surface area contributed by atoms with Crippen molar-refractivity contribution in [3.8, 4) is 0 Å². The van der Waals surface area contributed by atoms with Gasteiger partial charge in [-0.3, -0.25) is 10.00 Å². The number of nitrogens with one attached hydrogen (secondary N) is 2. The van der Waals surface area contributed by atoms with Crippen LogP contribution in [-0.2, 0) is 6.54 Å². The average molecular weight is 402 g/mol. The van der Waals surface area contributed by atoms with E-state index in [-0.39, 0.29) is 12.1 Å². The van der Waals surface area contributed by atoms with E-state index in [4.69, 9.17) is 34.8 Å². The van der Waals surface area contributed by atoms with Gasteiger partial charge in [-0.15, -0.1) is 0 Å². The molecule has 0 bridgehead atoms. The molecule has 1 fully saturated rings. The molecule has 8 heteroatoms. The van der Waals surface area contributed by atoms with Gasteiger partial charge in [0.2, 0.25) is 0 Å². The number of nitrogens with zero attached hydrogens (tertiary/aromatic N) is 2. The molecule has 0 aliphatic heterocycles. The molecule has 1 aliphatic rings. The van der Waals surface area contributed by atoms with Gasteiger partial charge in [0, 0.05) is 22.3 Å². The smallest absolute Gasteiger partial charge is 0.320 e. The standard InChI is InChI=1S/C17H19Cl3N4O/c18-12-7-6-11(14(19)8-12)9-24-10-15(20)16(23-24)22-17(25)21-13-4-2-1-3-5-13/h6-8,10,13H,1-5,9H2,(H2,21,22,23,25). The van der Waals surface area contributed by atoms with Crippen LogP contribution in [0.25, 0.3) is 0 Å². The van der Waals surface area contributed by atoms with Crippen LogP contribution in [-0.4, -0.2) is 21.9 Å².